The average Bonchev–Trinajstić information content (AvgIpc) is 2.73. The molecule has 6 nitrogen and oxygen atoms in total. The quantitative estimate of drug-likeness (QED) is 0.637. The summed E-state index contributed by atoms with van der Waals surface area (Å²) in [4.78, 5) is 20.9. The number of amides is 1. The van der Waals surface area contributed by atoms with Crippen LogP contribution in [-0.4, -0.2) is 55.7 Å². The maximum Gasteiger partial charge on any atom is 0.246 e. The lowest BCUT2D eigenvalue weighted by Gasteiger charge is -2.34. The summed E-state index contributed by atoms with van der Waals surface area (Å²) in [5, 5.41) is 1.05. The van der Waals surface area contributed by atoms with E-state index in [4.69, 9.17) is 32.7 Å². The smallest absolute Gasteiger partial charge is 0.246 e. The molecule has 1 aromatic carbocycles. The maximum absolute atomic E-state index is 12.6. The largest absolute Gasteiger partial charge is 0.491 e. The lowest BCUT2D eigenvalue weighted by atomic mass is 10.1. The number of piperazine rings is 1. The Labute approximate surface area is 180 Å². The predicted octanol–water partition coefficient (Wildman–Crippen LogP) is 4.16. The molecule has 1 aliphatic heterocycles. The van der Waals surface area contributed by atoms with E-state index in [9.17, 15) is 4.79 Å². The minimum Gasteiger partial charge on any atom is -0.491 e. The molecule has 1 fully saturated rings. The molecule has 0 bridgehead atoms. The summed E-state index contributed by atoms with van der Waals surface area (Å²) in [6.07, 6.45) is 4.93. The summed E-state index contributed by atoms with van der Waals surface area (Å²) in [5.74, 6) is 1.87. The number of halogens is 2. The van der Waals surface area contributed by atoms with Crippen LogP contribution in [0.2, 0.25) is 10.0 Å². The number of carbonyl (C=O) groups is 1. The molecule has 2 heterocycles. The van der Waals surface area contributed by atoms with Crippen LogP contribution >= 0.6 is 23.2 Å². The van der Waals surface area contributed by atoms with E-state index in [1.807, 2.05) is 30.0 Å². The molecule has 0 unspecified atom stereocenters. The standard InChI is InChI=1S/C21H23Cl2N3O3/c1-3-29-18-13-15(12-17(23)21(18)28-2)4-7-20(27)26-10-8-25(9-11-26)19-6-5-16(22)14-24-19/h4-7,12-14H,3,8-11H2,1-2H3/b7-4+. The number of rotatable bonds is 6. The highest BCUT2D eigenvalue weighted by Crippen LogP contribution is 2.36. The summed E-state index contributed by atoms with van der Waals surface area (Å²) in [6, 6.07) is 7.27. The summed E-state index contributed by atoms with van der Waals surface area (Å²) in [5.41, 5.74) is 0.775. The molecule has 0 aliphatic carbocycles. The van der Waals surface area contributed by atoms with E-state index in [0.29, 0.717) is 41.2 Å². The highest BCUT2D eigenvalue weighted by Gasteiger charge is 2.20. The first-order chi connectivity index (χ1) is 14.0. The number of methoxy groups -OCH3 is 1. The van der Waals surface area contributed by atoms with Gasteiger partial charge in [-0.25, -0.2) is 4.98 Å². The van der Waals surface area contributed by atoms with Gasteiger partial charge in [0.25, 0.3) is 0 Å². The molecule has 3 rings (SSSR count). The molecular weight excluding hydrogens is 413 g/mol. The van der Waals surface area contributed by atoms with Crippen LogP contribution in [0.4, 0.5) is 5.82 Å². The third-order valence-electron chi connectivity index (χ3n) is 4.58. The number of ether oxygens (including phenoxy) is 2. The fourth-order valence-corrected chi connectivity index (χ4v) is 3.54. The van der Waals surface area contributed by atoms with Crippen molar-refractivity contribution in [2.75, 3.05) is 44.8 Å². The average molecular weight is 436 g/mol. The second kappa shape index (κ2) is 9.85. The molecule has 1 amide bonds. The Morgan fingerprint density at radius 1 is 1.21 bits per heavy atom. The number of pyridine rings is 1. The molecular formula is C21H23Cl2N3O3. The van der Waals surface area contributed by atoms with E-state index in [1.54, 1.807) is 31.5 Å². The third-order valence-corrected chi connectivity index (χ3v) is 5.09. The molecule has 8 heteroatoms. The summed E-state index contributed by atoms with van der Waals surface area (Å²) >= 11 is 12.2. The highest BCUT2D eigenvalue weighted by atomic mass is 35.5. The van der Waals surface area contributed by atoms with E-state index in [2.05, 4.69) is 9.88 Å². The number of hydrogen-bond acceptors (Lipinski definition) is 5. The Hall–Kier alpha value is -2.44. The van der Waals surface area contributed by atoms with Crippen LogP contribution < -0.4 is 14.4 Å². The van der Waals surface area contributed by atoms with Gasteiger partial charge in [-0.05, 0) is 42.8 Å². The van der Waals surface area contributed by atoms with Crippen molar-refractivity contribution >= 4 is 41.0 Å². The van der Waals surface area contributed by atoms with Gasteiger partial charge in [0, 0.05) is 38.5 Å². The van der Waals surface area contributed by atoms with Gasteiger partial charge in [-0.3, -0.25) is 4.79 Å². The van der Waals surface area contributed by atoms with Crippen molar-refractivity contribution in [1.29, 1.82) is 0 Å². The molecule has 1 aliphatic rings. The van der Waals surface area contributed by atoms with Gasteiger partial charge in [0.05, 0.1) is 23.8 Å². The Kier molecular flexibility index (Phi) is 7.23. The minimum atomic E-state index is -0.0429. The van der Waals surface area contributed by atoms with Crippen molar-refractivity contribution < 1.29 is 14.3 Å². The Bertz CT molecular complexity index is 879. The molecule has 2 aromatic rings. The molecule has 0 saturated carbocycles. The van der Waals surface area contributed by atoms with Crippen LogP contribution in [0, 0.1) is 0 Å². The minimum absolute atomic E-state index is 0.0429. The van der Waals surface area contributed by atoms with Gasteiger partial charge in [-0.1, -0.05) is 23.2 Å². The van der Waals surface area contributed by atoms with Crippen molar-refractivity contribution in [3.05, 3.63) is 52.1 Å². The summed E-state index contributed by atoms with van der Waals surface area (Å²) in [7, 11) is 1.54. The van der Waals surface area contributed by atoms with Crippen LogP contribution in [0.3, 0.4) is 0 Å². The first kappa shape index (κ1) is 21.3. The molecule has 1 saturated heterocycles. The van der Waals surface area contributed by atoms with Gasteiger partial charge in [0.15, 0.2) is 11.5 Å². The molecule has 0 radical (unpaired) electrons. The van der Waals surface area contributed by atoms with Gasteiger partial charge in [0.1, 0.15) is 5.82 Å². The van der Waals surface area contributed by atoms with Gasteiger partial charge in [-0.15, -0.1) is 0 Å². The number of anilines is 1. The Morgan fingerprint density at radius 2 is 1.97 bits per heavy atom. The third kappa shape index (κ3) is 5.34. The van der Waals surface area contributed by atoms with Crippen LogP contribution in [0.15, 0.2) is 36.5 Å². The van der Waals surface area contributed by atoms with E-state index < -0.39 is 0 Å². The van der Waals surface area contributed by atoms with Crippen molar-refractivity contribution in [2.45, 2.75) is 6.92 Å². The van der Waals surface area contributed by atoms with Crippen molar-refractivity contribution in [2.24, 2.45) is 0 Å². The van der Waals surface area contributed by atoms with Crippen LogP contribution in [0.25, 0.3) is 6.08 Å². The lowest BCUT2D eigenvalue weighted by Crippen LogP contribution is -2.48. The van der Waals surface area contributed by atoms with Crippen LogP contribution in [0.1, 0.15) is 12.5 Å². The second-order valence-electron chi connectivity index (χ2n) is 6.45. The first-order valence-electron chi connectivity index (χ1n) is 9.35. The number of hydrogen-bond donors (Lipinski definition) is 0. The van der Waals surface area contributed by atoms with E-state index >= 15 is 0 Å². The predicted molar refractivity (Wildman–Crippen MR) is 116 cm³/mol. The summed E-state index contributed by atoms with van der Waals surface area (Å²) < 4.78 is 10.9. The molecule has 0 atom stereocenters. The Balaban J connectivity index is 1.62. The van der Waals surface area contributed by atoms with Gasteiger partial charge in [0.2, 0.25) is 5.91 Å². The van der Waals surface area contributed by atoms with Crippen molar-refractivity contribution in [3.63, 3.8) is 0 Å². The zero-order valence-corrected chi connectivity index (χ0v) is 17.9. The zero-order valence-electron chi connectivity index (χ0n) is 16.4. The van der Waals surface area contributed by atoms with Crippen molar-refractivity contribution in [1.82, 2.24) is 9.88 Å². The number of nitrogens with zero attached hydrogens (tertiary/aromatic N) is 3. The summed E-state index contributed by atoms with van der Waals surface area (Å²) in [6.45, 7) is 5.07. The Morgan fingerprint density at radius 3 is 2.59 bits per heavy atom. The molecule has 29 heavy (non-hydrogen) atoms. The van der Waals surface area contributed by atoms with Crippen LogP contribution in [-0.2, 0) is 4.79 Å². The first-order valence-corrected chi connectivity index (χ1v) is 10.1. The monoisotopic (exact) mass is 435 g/mol. The number of benzene rings is 1. The van der Waals surface area contributed by atoms with Gasteiger partial charge < -0.3 is 19.3 Å². The topological polar surface area (TPSA) is 54.9 Å². The molecule has 0 spiro atoms. The number of aromatic nitrogens is 1. The highest BCUT2D eigenvalue weighted by molar-refractivity contribution is 6.32. The van der Waals surface area contributed by atoms with E-state index in [-0.39, 0.29) is 5.91 Å². The normalized spacial score (nSPS) is 14.3. The molecule has 0 N–H and O–H groups in total. The fourth-order valence-electron chi connectivity index (χ4n) is 3.13. The van der Waals surface area contributed by atoms with Gasteiger partial charge in [-0.2, -0.15) is 0 Å². The molecule has 1 aromatic heterocycles. The SMILES string of the molecule is CCOc1cc(/C=C/C(=O)N2CCN(c3ccc(Cl)cn3)CC2)cc(Cl)c1OC. The van der Waals surface area contributed by atoms with E-state index in [0.717, 1.165) is 24.5 Å². The number of carbonyl (C=O) groups excluding carboxylic acids is 1. The van der Waals surface area contributed by atoms with Crippen molar-refractivity contribution in [3.8, 4) is 11.5 Å². The zero-order chi connectivity index (χ0) is 20.8. The maximum atomic E-state index is 12.6. The molecule has 154 valence electrons. The fraction of sp³-hybridized carbons (Fsp3) is 0.333. The van der Waals surface area contributed by atoms with E-state index in [1.165, 1.54) is 0 Å². The second-order valence-corrected chi connectivity index (χ2v) is 7.29. The van der Waals surface area contributed by atoms with Gasteiger partial charge >= 0.3 is 0 Å². The van der Waals surface area contributed by atoms with Crippen LogP contribution in [0.5, 0.6) is 11.5 Å². The lowest BCUT2D eigenvalue weighted by molar-refractivity contribution is -0.126.